The fraction of sp³-hybridized carbons (Fsp3) is 0.556. The Morgan fingerprint density at radius 3 is 2.00 bits per heavy atom. The van der Waals surface area contributed by atoms with Crippen LogP contribution in [0.4, 0.5) is 11.4 Å². The molecule has 0 aromatic heterocycles. The first-order valence-corrected chi connectivity index (χ1v) is 8.31. The standard InChI is InChI=1S/C18H29N3O2/c1-6-20(7-2)16-8-10-17(11-9-16)21(15(5)22)13-12-19-18(23)14(3)4/h8-11,14H,6-7,12-13H2,1-5H3,(H,19,23). The Labute approximate surface area is 139 Å². The van der Waals surface area contributed by atoms with Gasteiger partial charge in [-0.05, 0) is 38.1 Å². The van der Waals surface area contributed by atoms with Crippen molar-refractivity contribution in [2.24, 2.45) is 5.92 Å². The minimum atomic E-state index is -0.0471. The van der Waals surface area contributed by atoms with Crippen LogP contribution < -0.4 is 15.1 Å². The van der Waals surface area contributed by atoms with Crippen LogP contribution in [0.15, 0.2) is 24.3 Å². The summed E-state index contributed by atoms with van der Waals surface area (Å²) in [6.45, 7) is 12.3. The third-order valence-corrected chi connectivity index (χ3v) is 3.83. The van der Waals surface area contributed by atoms with Gasteiger partial charge in [-0.25, -0.2) is 0 Å². The number of carbonyl (C=O) groups is 2. The number of carbonyl (C=O) groups excluding carboxylic acids is 2. The highest BCUT2D eigenvalue weighted by Crippen LogP contribution is 2.20. The Kier molecular flexibility index (Phi) is 7.59. The summed E-state index contributed by atoms with van der Waals surface area (Å²) < 4.78 is 0. The number of rotatable bonds is 8. The Morgan fingerprint density at radius 1 is 1.04 bits per heavy atom. The van der Waals surface area contributed by atoms with Gasteiger partial charge in [0.2, 0.25) is 11.8 Å². The zero-order valence-corrected chi connectivity index (χ0v) is 14.9. The maximum Gasteiger partial charge on any atom is 0.223 e. The molecule has 0 unspecified atom stereocenters. The zero-order valence-electron chi connectivity index (χ0n) is 14.9. The van der Waals surface area contributed by atoms with Crippen molar-refractivity contribution >= 4 is 23.2 Å². The number of nitrogens with one attached hydrogen (secondary N) is 1. The SMILES string of the molecule is CCN(CC)c1ccc(N(CCNC(=O)C(C)C)C(C)=O)cc1. The van der Waals surface area contributed by atoms with Crippen LogP contribution in [0.3, 0.4) is 0 Å². The molecule has 128 valence electrons. The van der Waals surface area contributed by atoms with Gasteiger partial charge in [0.25, 0.3) is 0 Å². The predicted molar refractivity (Wildman–Crippen MR) is 95.9 cm³/mol. The summed E-state index contributed by atoms with van der Waals surface area (Å²) in [6, 6.07) is 7.98. The minimum Gasteiger partial charge on any atom is -0.372 e. The molecule has 1 rings (SSSR count). The number of anilines is 2. The smallest absolute Gasteiger partial charge is 0.223 e. The third kappa shape index (κ3) is 5.58. The largest absolute Gasteiger partial charge is 0.372 e. The summed E-state index contributed by atoms with van der Waals surface area (Å²) in [7, 11) is 0. The van der Waals surface area contributed by atoms with Crippen LogP contribution in [0.2, 0.25) is 0 Å². The van der Waals surface area contributed by atoms with Crippen molar-refractivity contribution in [3.05, 3.63) is 24.3 Å². The van der Waals surface area contributed by atoms with Gasteiger partial charge in [0.05, 0.1) is 0 Å². The monoisotopic (exact) mass is 319 g/mol. The zero-order chi connectivity index (χ0) is 17.4. The molecule has 0 fully saturated rings. The van der Waals surface area contributed by atoms with Crippen molar-refractivity contribution in [1.82, 2.24) is 5.32 Å². The van der Waals surface area contributed by atoms with Gasteiger partial charge in [0, 0.05) is 50.4 Å². The normalized spacial score (nSPS) is 10.5. The molecule has 23 heavy (non-hydrogen) atoms. The molecule has 0 atom stereocenters. The lowest BCUT2D eigenvalue weighted by molar-refractivity contribution is -0.124. The van der Waals surface area contributed by atoms with Gasteiger partial charge in [0.1, 0.15) is 0 Å². The maximum atomic E-state index is 11.9. The van der Waals surface area contributed by atoms with E-state index >= 15 is 0 Å². The Balaban J connectivity index is 2.74. The minimum absolute atomic E-state index is 0.00498. The Morgan fingerprint density at radius 2 is 1.57 bits per heavy atom. The number of nitrogens with zero attached hydrogens (tertiary/aromatic N) is 2. The molecule has 1 aromatic carbocycles. The summed E-state index contributed by atoms with van der Waals surface area (Å²) in [5, 5.41) is 2.84. The quantitative estimate of drug-likeness (QED) is 0.801. The van der Waals surface area contributed by atoms with E-state index in [-0.39, 0.29) is 17.7 Å². The number of amides is 2. The Bertz CT molecular complexity index is 508. The summed E-state index contributed by atoms with van der Waals surface area (Å²) in [6.07, 6.45) is 0. The van der Waals surface area contributed by atoms with E-state index in [2.05, 4.69) is 24.1 Å². The third-order valence-electron chi connectivity index (χ3n) is 3.83. The van der Waals surface area contributed by atoms with Crippen LogP contribution in [0.25, 0.3) is 0 Å². The molecule has 0 spiro atoms. The highest BCUT2D eigenvalue weighted by atomic mass is 16.2. The van der Waals surface area contributed by atoms with Crippen molar-refractivity contribution in [1.29, 1.82) is 0 Å². The van der Waals surface area contributed by atoms with Crippen LogP contribution in [-0.4, -0.2) is 38.0 Å². The van der Waals surface area contributed by atoms with E-state index in [0.29, 0.717) is 13.1 Å². The molecule has 1 aromatic rings. The molecule has 0 aliphatic heterocycles. The first-order chi connectivity index (χ1) is 10.9. The van der Waals surface area contributed by atoms with Gasteiger partial charge in [-0.15, -0.1) is 0 Å². The summed E-state index contributed by atoms with van der Waals surface area (Å²) in [5.41, 5.74) is 2.00. The summed E-state index contributed by atoms with van der Waals surface area (Å²) in [4.78, 5) is 27.4. The molecule has 2 amide bonds. The van der Waals surface area contributed by atoms with Crippen molar-refractivity contribution in [3.63, 3.8) is 0 Å². The molecular formula is C18H29N3O2. The van der Waals surface area contributed by atoms with Crippen LogP contribution in [0.1, 0.15) is 34.6 Å². The fourth-order valence-electron chi connectivity index (χ4n) is 2.40. The molecule has 0 radical (unpaired) electrons. The Hall–Kier alpha value is -2.04. The molecule has 0 aliphatic carbocycles. The van der Waals surface area contributed by atoms with Gasteiger partial charge in [-0.2, -0.15) is 0 Å². The topological polar surface area (TPSA) is 52.6 Å². The lowest BCUT2D eigenvalue weighted by atomic mass is 10.2. The van der Waals surface area contributed by atoms with E-state index in [1.165, 1.54) is 0 Å². The summed E-state index contributed by atoms with van der Waals surface area (Å²) >= 11 is 0. The van der Waals surface area contributed by atoms with E-state index in [9.17, 15) is 9.59 Å². The highest BCUT2D eigenvalue weighted by molar-refractivity contribution is 5.91. The molecular weight excluding hydrogens is 290 g/mol. The van der Waals surface area contributed by atoms with Crippen molar-refractivity contribution < 1.29 is 9.59 Å². The molecule has 5 heteroatoms. The van der Waals surface area contributed by atoms with Crippen LogP contribution in [0.5, 0.6) is 0 Å². The fourth-order valence-corrected chi connectivity index (χ4v) is 2.40. The van der Waals surface area contributed by atoms with Crippen LogP contribution >= 0.6 is 0 Å². The van der Waals surface area contributed by atoms with Gasteiger partial charge in [-0.3, -0.25) is 9.59 Å². The predicted octanol–water partition coefficient (Wildman–Crippen LogP) is 2.66. The molecule has 0 saturated carbocycles. The lowest BCUT2D eigenvalue weighted by Crippen LogP contribution is -2.38. The first kappa shape index (κ1) is 19.0. The lowest BCUT2D eigenvalue weighted by Gasteiger charge is -2.24. The molecule has 0 bridgehead atoms. The second-order valence-corrected chi connectivity index (χ2v) is 5.81. The van der Waals surface area contributed by atoms with E-state index < -0.39 is 0 Å². The molecule has 0 saturated heterocycles. The molecule has 5 nitrogen and oxygen atoms in total. The summed E-state index contributed by atoms with van der Waals surface area (Å²) in [5.74, 6) is -0.0705. The van der Waals surface area contributed by atoms with E-state index in [4.69, 9.17) is 0 Å². The van der Waals surface area contributed by atoms with Gasteiger partial charge >= 0.3 is 0 Å². The maximum absolute atomic E-state index is 11.9. The molecule has 1 N–H and O–H groups in total. The van der Waals surface area contributed by atoms with E-state index in [1.54, 1.807) is 11.8 Å². The second-order valence-electron chi connectivity index (χ2n) is 5.81. The average Bonchev–Trinajstić information content (AvgIpc) is 2.53. The van der Waals surface area contributed by atoms with E-state index in [1.807, 2.05) is 38.1 Å². The van der Waals surface area contributed by atoms with Crippen molar-refractivity contribution in [3.8, 4) is 0 Å². The molecule has 0 heterocycles. The van der Waals surface area contributed by atoms with Crippen molar-refractivity contribution in [2.45, 2.75) is 34.6 Å². The van der Waals surface area contributed by atoms with Crippen LogP contribution in [-0.2, 0) is 9.59 Å². The van der Waals surface area contributed by atoms with E-state index in [0.717, 1.165) is 24.5 Å². The first-order valence-electron chi connectivity index (χ1n) is 8.31. The average molecular weight is 319 g/mol. The van der Waals surface area contributed by atoms with Crippen molar-refractivity contribution in [2.75, 3.05) is 36.0 Å². The highest BCUT2D eigenvalue weighted by Gasteiger charge is 2.13. The van der Waals surface area contributed by atoms with Gasteiger partial charge in [0.15, 0.2) is 0 Å². The molecule has 0 aliphatic rings. The van der Waals surface area contributed by atoms with Crippen LogP contribution in [0, 0.1) is 5.92 Å². The second kappa shape index (κ2) is 9.18. The number of hydrogen-bond donors (Lipinski definition) is 1. The number of benzene rings is 1. The van der Waals surface area contributed by atoms with Gasteiger partial charge in [-0.1, -0.05) is 13.8 Å². The van der Waals surface area contributed by atoms with Gasteiger partial charge < -0.3 is 15.1 Å². The number of hydrogen-bond acceptors (Lipinski definition) is 3.